The zero-order valence-corrected chi connectivity index (χ0v) is 16.8. The summed E-state index contributed by atoms with van der Waals surface area (Å²) in [4.78, 5) is 24.0. The van der Waals surface area contributed by atoms with Crippen LogP contribution in [0.3, 0.4) is 0 Å². The lowest BCUT2D eigenvalue weighted by Crippen LogP contribution is -2.14. The molecule has 4 nitrogen and oxygen atoms in total. The van der Waals surface area contributed by atoms with Crippen LogP contribution in [0.1, 0.15) is 60.2 Å². The van der Waals surface area contributed by atoms with Crippen molar-refractivity contribution < 1.29 is 14.3 Å². The molecule has 0 unspecified atom stereocenters. The number of benzene rings is 2. The van der Waals surface area contributed by atoms with Crippen LogP contribution < -0.4 is 10.1 Å². The number of halogens is 1. The number of ether oxygens (including phenoxy) is 1. The SMILES string of the molecule is CCCCCCOc1ccc(Br)cc1C(=O)Nc1ccc(C(C)=O)cc1. The average molecular weight is 418 g/mol. The molecule has 0 spiro atoms. The summed E-state index contributed by atoms with van der Waals surface area (Å²) in [6.45, 7) is 4.27. The van der Waals surface area contributed by atoms with Crippen LogP contribution in [-0.4, -0.2) is 18.3 Å². The van der Waals surface area contributed by atoms with Gasteiger partial charge in [-0.1, -0.05) is 42.1 Å². The summed E-state index contributed by atoms with van der Waals surface area (Å²) < 4.78 is 6.63. The first-order chi connectivity index (χ1) is 12.5. The Hall–Kier alpha value is -2.14. The molecule has 0 aliphatic heterocycles. The number of rotatable bonds is 9. The van der Waals surface area contributed by atoms with Crippen molar-refractivity contribution in [3.8, 4) is 5.75 Å². The Bertz CT molecular complexity index is 756. The van der Waals surface area contributed by atoms with E-state index in [0.29, 0.717) is 29.2 Å². The number of anilines is 1. The minimum absolute atomic E-state index is 0.00590. The number of nitrogens with one attached hydrogen (secondary N) is 1. The van der Waals surface area contributed by atoms with Gasteiger partial charge in [0.05, 0.1) is 12.2 Å². The van der Waals surface area contributed by atoms with Gasteiger partial charge in [0.1, 0.15) is 5.75 Å². The Morgan fingerprint density at radius 3 is 2.42 bits per heavy atom. The third-order valence-corrected chi connectivity index (χ3v) is 4.48. The number of unbranched alkanes of at least 4 members (excludes halogenated alkanes) is 3. The van der Waals surface area contributed by atoms with Crippen LogP contribution in [-0.2, 0) is 0 Å². The predicted molar refractivity (Wildman–Crippen MR) is 108 cm³/mol. The number of hydrogen-bond acceptors (Lipinski definition) is 3. The minimum atomic E-state index is -0.245. The Balaban J connectivity index is 2.06. The second-order valence-corrected chi connectivity index (χ2v) is 7.05. The first-order valence-corrected chi connectivity index (χ1v) is 9.65. The van der Waals surface area contributed by atoms with Crippen molar-refractivity contribution in [2.75, 3.05) is 11.9 Å². The van der Waals surface area contributed by atoms with Crippen LogP contribution in [0.4, 0.5) is 5.69 Å². The van der Waals surface area contributed by atoms with Crippen molar-refractivity contribution in [2.45, 2.75) is 39.5 Å². The molecule has 0 saturated carbocycles. The Morgan fingerprint density at radius 1 is 1.04 bits per heavy atom. The van der Waals surface area contributed by atoms with Crippen molar-refractivity contribution in [3.63, 3.8) is 0 Å². The third-order valence-electron chi connectivity index (χ3n) is 3.99. The summed E-state index contributed by atoms with van der Waals surface area (Å²) in [6, 6.07) is 12.3. The highest BCUT2D eigenvalue weighted by Gasteiger charge is 2.14. The highest BCUT2D eigenvalue weighted by molar-refractivity contribution is 9.10. The summed E-state index contributed by atoms with van der Waals surface area (Å²) in [5, 5.41) is 2.85. The van der Waals surface area contributed by atoms with Gasteiger partial charge in [0.2, 0.25) is 0 Å². The smallest absolute Gasteiger partial charge is 0.259 e. The van der Waals surface area contributed by atoms with Crippen molar-refractivity contribution in [2.24, 2.45) is 0 Å². The van der Waals surface area contributed by atoms with Gasteiger partial charge in [0.25, 0.3) is 5.91 Å². The Morgan fingerprint density at radius 2 is 1.77 bits per heavy atom. The summed E-state index contributed by atoms with van der Waals surface area (Å²) in [6.07, 6.45) is 4.45. The molecular weight excluding hydrogens is 394 g/mol. The molecule has 138 valence electrons. The van der Waals surface area contributed by atoms with Gasteiger partial charge in [-0.2, -0.15) is 0 Å². The number of Topliss-reactive ketones (excluding diaryl/α,β-unsaturated/α-hetero) is 1. The second-order valence-electron chi connectivity index (χ2n) is 6.14. The molecule has 1 N–H and O–H groups in total. The fraction of sp³-hybridized carbons (Fsp3) is 0.333. The quantitative estimate of drug-likeness (QED) is 0.410. The van der Waals surface area contributed by atoms with Gasteiger partial charge in [0, 0.05) is 15.7 Å². The molecule has 2 aromatic carbocycles. The fourth-order valence-electron chi connectivity index (χ4n) is 2.50. The summed E-state index contributed by atoms with van der Waals surface area (Å²) in [5.41, 5.74) is 1.72. The van der Waals surface area contributed by atoms with Crippen LogP contribution in [0, 0.1) is 0 Å². The molecule has 2 aromatic rings. The molecule has 0 aromatic heterocycles. The van der Waals surface area contributed by atoms with Crippen LogP contribution in [0.15, 0.2) is 46.9 Å². The highest BCUT2D eigenvalue weighted by Crippen LogP contribution is 2.25. The largest absolute Gasteiger partial charge is 0.493 e. The summed E-state index contributed by atoms with van der Waals surface area (Å²) in [7, 11) is 0. The standard InChI is InChI=1S/C21H24BrNO3/c1-3-4-5-6-13-26-20-12-9-17(22)14-19(20)21(25)23-18-10-7-16(8-11-18)15(2)24/h7-12,14H,3-6,13H2,1-2H3,(H,23,25). The first kappa shape index (κ1) is 20.2. The zero-order valence-electron chi connectivity index (χ0n) is 15.2. The number of ketones is 1. The lowest BCUT2D eigenvalue weighted by molar-refractivity contribution is 0.101. The number of carbonyl (C=O) groups excluding carboxylic acids is 2. The van der Waals surface area contributed by atoms with E-state index >= 15 is 0 Å². The van der Waals surface area contributed by atoms with E-state index in [4.69, 9.17) is 4.74 Å². The van der Waals surface area contributed by atoms with Crippen LogP contribution >= 0.6 is 15.9 Å². The van der Waals surface area contributed by atoms with Gasteiger partial charge in [-0.3, -0.25) is 9.59 Å². The maximum atomic E-state index is 12.7. The van der Waals surface area contributed by atoms with Gasteiger partial charge in [-0.05, 0) is 55.8 Å². The topological polar surface area (TPSA) is 55.4 Å². The molecule has 0 saturated heterocycles. The molecule has 1 amide bonds. The lowest BCUT2D eigenvalue weighted by Gasteiger charge is -2.12. The molecule has 0 fully saturated rings. The maximum Gasteiger partial charge on any atom is 0.259 e. The summed E-state index contributed by atoms with van der Waals surface area (Å²) >= 11 is 3.40. The second kappa shape index (κ2) is 10.1. The van der Waals surface area contributed by atoms with E-state index in [-0.39, 0.29) is 11.7 Å². The van der Waals surface area contributed by atoms with Crippen molar-refractivity contribution in [3.05, 3.63) is 58.1 Å². The first-order valence-electron chi connectivity index (χ1n) is 8.86. The van der Waals surface area contributed by atoms with E-state index < -0.39 is 0 Å². The van der Waals surface area contributed by atoms with E-state index in [1.165, 1.54) is 19.8 Å². The molecule has 0 radical (unpaired) electrons. The molecule has 0 aliphatic carbocycles. The Labute approximate surface area is 163 Å². The molecule has 26 heavy (non-hydrogen) atoms. The molecule has 2 rings (SSSR count). The summed E-state index contributed by atoms with van der Waals surface area (Å²) in [5.74, 6) is 0.321. The van der Waals surface area contributed by atoms with E-state index in [2.05, 4.69) is 28.2 Å². The minimum Gasteiger partial charge on any atom is -0.493 e. The zero-order chi connectivity index (χ0) is 18.9. The average Bonchev–Trinajstić information content (AvgIpc) is 2.63. The lowest BCUT2D eigenvalue weighted by atomic mass is 10.1. The van der Waals surface area contributed by atoms with Gasteiger partial charge < -0.3 is 10.1 Å². The van der Waals surface area contributed by atoms with Gasteiger partial charge in [-0.15, -0.1) is 0 Å². The number of carbonyl (C=O) groups is 2. The van der Waals surface area contributed by atoms with E-state index in [1.807, 2.05) is 6.07 Å². The maximum absolute atomic E-state index is 12.7. The molecule has 0 heterocycles. The van der Waals surface area contributed by atoms with Gasteiger partial charge in [0.15, 0.2) is 5.78 Å². The molecule has 0 aliphatic rings. The van der Waals surface area contributed by atoms with Crippen LogP contribution in [0.2, 0.25) is 0 Å². The third kappa shape index (κ3) is 5.99. The van der Waals surface area contributed by atoms with Gasteiger partial charge in [-0.25, -0.2) is 0 Å². The van der Waals surface area contributed by atoms with E-state index in [1.54, 1.807) is 36.4 Å². The van der Waals surface area contributed by atoms with Crippen molar-refractivity contribution >= 4 is 33.3 Å². The Kier molecular flexibility index (Phi) is 7.85. The van der Waals surface area contributed by atoms with Crippen LogP contribution in [0.25, 0.3) is 0 Å². The number of hydrogen-bond donors (Lipinski definition) is 1. The monoisotopic (exact) mass is 417 g/mol. The number of amides is 1. The van der Waals surface area contributed by atoms with Crippen molar-refractivity contribution in [1.82, 2.24) is 0 Å². The normalized spacial score (nSPS) is 10.4. The molecule has 5 heteroatoms. The van der Waals surface area contributed by atoms with E-state index in [0.717, 1.165) is 17.3 Å². The molecule has 0 bridgehead atoms. The van der Waals surface area contributed by atoms with E-state index in [9.17, 15) is 9.59 Å². The highest BCUT2D eigenvalue weighted by atomic mass is 79.9. The predicted octanol–water partition coefficient (Wildman–Crippen LogP) is 5.86. The van der Waals surface area contributed by atoms with Crippen molar-refractivity contribution in [1.29, 1.82) is 0 Å². The fourth-order valence-corrected chi connectivity index (χ4v) is 2.86. The molecular formula is C21H24BrNO3. The van der Waals surface area contributed by atoms with Crippen LogP contribution in [0.5, 0.6) is 5.75 Å². The van der Waals surface area contributed by atoms with Gasteiger partial charge >= 0.3 is 0 Å². The molecule has 0 atom stereocenters.